The molecule has 0 spiro atoms. The number of esters is 1. The molecule has 2 heterocycles. The quantitative estimate of drug-likeness (QED) is 0.0385. The zero-order chi connectivity index (χ0) is 35.8. The Kier molecular flexibility index (Phi) is 11.8. The Hall–Kier alpha value is -3.35. The fraction of sp³-hybridized carbons (Fsp3) is 0.400. The Bertz CT molecular complexity index is 1740. The molecule has 6 rings (SSSR count). The summed E-state index contributed by atoms with van der Waals surface area (Å²) < 4.78 is 21.9. The van der Waals surface area contributed by atoms with Crippen LogP contribution in [0.1, 0.15) is 94.6 Å². The van der Waals surface area contributed by atoms with E-state index in [4.69, 9.17) is 4.74 Å². The summed E-state index contributed by atoms with van der Waals surface area (Å²) in [5.41, 5.74) is 4.67. The third kappa shape index (κ3) is 7.08. The van der Waals surface area contributed by atoms with Crippen molar-refractivity contribution in [2.75, 3.05) is 6.61 Å². The standard InChI is InChI=1S/C33H29N2O2.3C4H9.Sn/c1-2-37-32(36)30-24-34(31-21-13-12-20-29(30)31)22-28-23-35(28)33(25-14-6-3-7-15-25,26-16-8-4-9-17-26)27-18-10-5-11-19-27;3*1-3-4-2;/h3-21,23-24,28H,2,22H2,1H3;3*1,3-4H2,2H3;/t28-,35?;;;;/m0..../s1/i24D;;;;. The van der Waals surface area contributed by atoms with Crippen LogP contribution in [0.3, 0.4) is 0 Å². The van der Waals surface area contributed by atoms with Gasteiger partial charge in [-0.3, -0.25) is 0 Å². The molecule has 3 atom stereocenters. The number of unbranched alkanes of at least 4 members (excludes halogenated alkanes) is 3. The molecule has 5 heteroatoms. The molecule has 1 aromatic heterocycles. The van der Waals surface area contributed by atoms with Gasteiger partial charge in [0.15, 0.2) is 0 Å². The number of para-hydroxylation sites is 1. The number of nitrogens with zero attached hydrogens (tertiary/aromatic N) is 2. The van der Waals surface area contributed by atoms with E-state index in [1.54, 1.807) is 0 Å². The average molecular weight is 777 g/mol. The Balaban J connectivity index is 1.63. The van der Waals surface area contributed by atoms with Gasteiger partial charge < -0.3 is 0 Å². The summed E-state index contributed by atoms with van der Waals surface area (Å²) >= 11 is -3.03. The third-order valence-electron chi connectivity index (χ3n) is 11.2. The van der Waals surface area contributed by atoms with E-state index in [9.17, 15) is 6.17 Å². The fourth-order valence-corrected chi connectivity index (χ4v) is 28.2. The SMILES string of the molecule is [2H]c1c(C(=O)OCC)c2ccccc2n1C[C@H]1[C@@H]([Sn]([CH2]CCC)([CH2]CCC)[CH2]CCC)N1C(c1ccccc1)(c1ccccc1)c1ccccc1. The summed E-state index contributed by atoms with van der Waals surface area (Å²) in [4.78, 5) is 16.3. The number of ether oxygens (including phenoxy) is 1. The number of fused-ring (bicyclic) bond motifs is 1. The second-order valence-corrected chi connectivity index (χ2v) is 28.0. The first kappa shape index (κ1) is 35.1. The first-order chi connectivity index (χ1) is 25.0. The van der Waals surface area contributed by atoms with Gasteiger partial charge in [0.2, 0.25) is 0 Å². The molecule has 1 aliphatic rings. The first-order valence-electron chi connectivity index (χ1n) is 19.7. The molecule has 0 bridgehead atoms. The molecule has 1 fully saturated rings. The van der Waals surface area contributed by atoms with E-state index >= 15 is 0 Å². The van der Waals surface area contributed by atoms with Gasteiger partial charge in [-0.2, -0.15) is 0 Å². The van der Waals surface area contributed by atoms with Crippen LogP contribution in [0.4, 0.5) is 0 Å². The van der Waals surface area contributed by atoms with Crippen molar-refractivity contribution in [2.24, 2.45) is 0 Å². The molecule has 0 radical (unpaired) electrons. The molecule has 1 unspecified atom stereocenters. The van der Waals surface area contributed by atoms with Crippen LogP contribution in [0.25, 0.3) is 10.9 Å². The van der Waals surface area contributed by atoms with Gasteiger partial charge in [-0.05, 0) is 0 Å². The number of rotatable bonds is 18. The summed E-state index contributed by atoms with van der Waals surface area (Å²) in [5, 5.41) is 0.808. The van der Waals surface area contributed by atoms with E-state index in [0.29, 0.717) is 16.2 Å². The van der Waals surface area contributed by atoms with Gasteiger partial charge in [-0.25, -0.2) is 0 Å². The first-order valence-corrected chi connectivity index (χ1v) is 26.9. The van der Waals surface area contributed by atoms with Crippen LogP contribution in [0.15, 0.2) is 121 Å². The van der Waals surface area contributed by atoms with Crippen molar-refractivity contribution in [3.8, 4) is 0 Å². The third-order valence-corrected chi connectivity index (χ3v) is 28.2. The predicted molar refractivity (Wildman–Crippen MR) is 211 cm³/mol. The number of carbonyl (C=O) groups excluding carboxylic acids is 1. The van der Waals surface area contributed by atoms with Crippen LogP contribution >= 0.6 is 0 Å². The number of hydrogen-bond donors (Lipinski definition) is 0. The van der Waals surface area contributed by atoms with Crippen LogP contribution < -0.4 is 0 Å². The van der Waals surface area contributed by atoms with Crippen LogP contribution in [0, 0.1) is 0 Å². The topological polar surface area (TPSA) is 34.2 Å². The Morgan fingerprint density at radius 2 is 1.16 bits per heavy atom. The normalized spacial score (nSPS) is 17.8. The Labute approximate surface area is 306 Å². The maximum atomic E-state index is 13.4. The molecule has 5 aromatic rings. The van der Waals surface area contributed by atoms with Gasteiger partial charge in [0.1, 0.15) is 0 Å². The average Bonchev–Trinajstić information content (AvgIpc) is 3.82. The Morgan fingerprint density at radius 1 is 0.700 bits per heavy atom. The van der Waals surface area contributed by atoms with Crippen molar-refractivity contribution in [2.45, 2.75) is 102 Å². The number of carbonyl (C=O) groups is 1. The van der Waals surface area contributed by atoms with Gasteiger partial charge >= 0.3 is 308 Å². The molecule has 0 aliphatic carbocycles. The molecule has 50 heavy (non-hydrogen) atoms. The Morgan fingerprint density at radius 3 is 1.62 bits per heavy atom. The van der Waals surface area contributed by atoms with E-state index < -0.39 is 29.9 Å². The second-order valence-electron chi connectivity index (χ2n) is 14.2. The molecule has 4 aromatic carbocycles. The second kappa shape index (κ2) is 16.8. The van der Waals surface area contributed by atoms with Gasteiger partial charge in [0.25, 0.3) is 0 Å². The van der Waals surface area contributed by atoms with Crippen LogP contribution in [-0.4, -0.2) is 50.5 Å². The van der Waals surface area contributed by atoms with Crippen molar-refractivity contribution in [1.82, 2.24) is 9.47 Å². The molecule has 0 saturated carbocycles. The molecule has 0 amide bonds. The molecular weight excluding hydrogens is 719 g/mol. The minimum atomic E-state index is -3.03. The number of hydrogen-bond acceptors (Lipinski definition) is 3. The monoisotopic (exact) mass is 777 g/mol. The summed E-state index contributed by atoms with van der Waals surface area (Å²) in [5.74, 6) is -0.406. The van der Waals surface area contributed by atoms with Crippen molar-refractivity contribution in [1.29, 1.82) is 0 Å². The number of benzene rings is 4. The van der Waals surface area contributed by atoms with Crippen LogP contribution in [0.2, 0.25) is 13.3 Å². The van der Waals surface area contributed by atoms with Crippen molar-refractivity contribution >= 4 is 35.2 Å². The van der Waals surface area contributed by atoms with E-state index in [-0.39, 0.29) is 18.8 Å². The van der Waals surface area contributed by atoms with Gasteiger partial charge in [0, 0.05) is 0 Å². The number of aromatic nitrogens is 1. The van der Waals surface area contributed by atoms with Gasteiger partial charge in [0.05, 0.1) is 0 Å². The molecule has 0 N–H and O–H groups in total. The molecule has 1 aliphatic heterocycles. The molecule has 4 nitrogen and oxygen atoms in total. The fourth-order valence-electron chi connectivity index (χ4n) is 8.88. The van der Waals surface area contributed by atoms with Crippen LogP contribution in [-0.2, 0) is 16.8 Å². The molecular formula is C45H56N2O2Sn. The minimum absolute atomic E-state index is 0.210. The summed E-state index contributed by atoms with van der Waals surface area (Å²) in [6.45, 7) is 9.86. The van der Waals surface area contributed by atoms with Crippen molar-refractivity contribution in [3.05, 3.63) is 144 Å². The molecule has 1 saturated heterocycles. The van der Waals surface area contributed by atoms with E-state index in [0.717, 1.165) is 10.9 Å². The molecule has 262 valence electrons. The van der Waals surface area contributed by atoms with Gasteiger partial charge in [-0.15, -0.1) is 0 Å². The zero-order valence-electron chi connectivity index (χ0n) is 31.6. The van der Waals surface area contributed by atoms with Crippen molar-refractivity contribution in [3.63, 3.8) is 0 Å². The van der Waals surface area contributed by atoms with Gasteiger partial charge in [-0.1, -0.05) is 0 Å². The maximum absolute atomic E-state index is 13.4. The van der Waals surface area contributed by atoms with Crippen LogP contribution in [0.5, 0.6) is 0 Å². The van der Waals surface area contributed by atoms with E-state index in [2.05, 4.69) is 127 Å². The van der Waals surface area contributed by atoms with Crippen molar-refractivity contribution < 1.29 is 10.9 Å². The zero-order valence-corrected chi connectivity index (χ0v) is 33.5. The summed E-state index contributed by atoms with van der Waals surface area (Å²) in [7, 11) is 0. The van der Waals surface area contributed by atoms with E-state index in [1.165, 1.54) is 68.5 Å². The summed E-state index contributed by atoms with van der Waals surface area (Å²) in [6, 6.07) is 41.8. The predicted octanol–water partition coefficient (Wildman–Crippen LogP) is 11.3. The summed E-state index contributed by atoms with van der Waals surface area (Å²) in [6.07, 6.45) is 7.80. The van der Waals surface area contributed by atoms with E-state index in [1.807, 2.05) is 25.1 Å².